The van der Waals surface area contributed by atoms with Crippen molar-refractivity contribution in [1.29, 1.82) is 0 Å². The molecule has 7 nitrogen and oxygen atoms in total. The van der Waals surface area contributed by atoms with Crippen LogP contribution in [0.4, 0.5) is 5.13 Å². The van der Waals surface area contributed by atoms with Crippen molar-refractivity contribution in [3.8, 4) is 0 Å². The zero-order chi connectivity index (χ0) is 19.5. The van der Waals surface area contributed by atoms with Gasteiger partial charge in [0.2, 0.25) is 5.13 Å². The highest BCUT2D eigenvalue weighted by molar-refractivity contribution is 7.22. The number of anilines is 1. The molecule has 1 saturated heterocycles. The van der Waals surface area contributed by atoms with Crippen molar-refractivity contribution in [3.05, 3.63) is 24.3 Å². The van der Waals surface area contributed by atoms with E-state index in [0.717, 1.165) is 67.5 Å². The number of carbonyl (C=O) groups excluding carboxylic acids is 1. The van der Waals surface area contributed by atoms with Gasteiger partial charge in [-0.3, -0.25) is 14.7 Å². The Balaban J connectivity index is 1.39. The average molecular weight is 400 g/mol. The van der Waals surface area contributed by atoms with E-state index in [9.17, 15) is 4.79 Å². The lowest BCUT2D eigenvalue weighted by Gasteiger charge is -2.26. The minimum absolute atomic E-state index is 0.0639. The Labute approximate surface area is 168 Å². The number of ether oxygens (including phenoxy) is 1. The molecule has 2 aromatic rings. The first-order valence-electron chi connectivity index (χ1n) is 9.69. The van der Waals surface area contributed by atoms with Crippen molar-refractivity contribution < 1.29 is 9.53 Å². The van der Waals surface area contributed by atoms with E-state index in [2.05, 4.69) is 20.0 Å². The van der Waals surface area contributed by atoms with Gasteiger partial charge < -0.3 is 4.74 Å². The molecule has 148 valence electrons. The van der Waals surface area contributed by atoms with Gasteiger partial charge in [-0.25, -0.2) is 4.98 Å². The maximum Gasteiger partial charge on any atom is 0.264 e. The van der Waals surface area contributed by atoms with Crippen molar-refractivity contribution in [2.75, 3.05) is 44.4 Å². The van der Waals surface area contributed by atoms with Crippen LogP contribution in [0.2, 0.25) is 0 Å². The van der Waals surface area contributed by atoms with Crippen LogP contribution in [-0.2, 0) is 9.53 Å². The van der Waals surface area contributed by atoms with E-state index in [0.29, 0.717) is 5.13 Å². The van der Waals surface area contributed by atoms with Crippen molar-refractivity contribution in [2.24, 2.45) is 16.0 Å². The number of amides is 1. The van der Waals surface area contributed by atoms with Gasteiger partial charge in [-0.15, -0.1) is 0 Å². The van der Waals surface area contributed by atoms with E-state index in [1.165, 1.54) is 16.3 Å². The molecule has 0 radical (unpaired) electrons. The van der Waals surface area contributed by atoms with Crippen molar-refractivity contribution in [1.82, 2.24) is 9.88 Å². The first-order chi connectivity index (χ1) is 13.6. The zero-order valence-corrected chi connectivity index (χ0v) is 17.1. The summed E-state index contributed by atoms with van der Waals surface area (Å²) < 4.78 is 6.42. The largest absolute Gasteiger partial charge is 0.379 e. The Hall–Kier alpha value is -2.16. The molecule has 8 heteroatoms. The van der Waals surface area contributed by atoms with Gasteiger partial charge in [0.1, 0.15) is 5.92 Å². The number of hydrogen-bond donors (Lipinski definition) is 0. The second kappa shape index (κ2) is 8.46. The van der Waals surface area contributed by atoms with Crippen LogP contribution in [0.15, 0.2) is 34.4 Å². The number of hydrogen-bond acceptors (Lipinski definition) is 7. The fourth-order valence-electron chi connectivity index (χ4n) is 3.60. The molecule has 0 N–H and O–H groups in total. The highest BCUT2D eigenvalue weighted by Crippen LogP contribution is 2.32. The van der Waals surface area contributed by atoms with Gasteiger partial charge in [-0.1, -0.05) is 23.5 Å². The molecule has 1 atom stereocenters. The normalized spacial score (nSPS) is 21.6. The number of para-hydroxylation sites is 1. The van der Waals surface area contributed by atoms with Crippen LogP contribution in [0.25, 0.3) is 10.2 Å². The number of aliphatic imine (C=N–C) groups is 1. The molecule has 2 aliphatic heterocycles. The smallest absolute Gasteiger partial charge is 0.264 e. The van der Waals surface area contributed by atoms with Gasteiger partial charge >= 0.3 is 0 Å². The van der Waals surface area contributed by atoms with Crippen LogP contribution in [0.5, 0.6) is 0 Å². The molecule has 1 unspecified atom stereocenters. The van der Waals surface area contributed by atoms with Crippen molar-refractivity contribution >= 4 is 44.0 Å². The lowest BCUT2D eigenvalue weighted by molar-refractivity contribution is -0.118. The second-order valence-corrected chi connectivity index (χ2v) is 8.13. The molecule has 28 heavy (non-hydrogen) atoms. The van der Waals surface area contributed by atoms with Crippen LogP contribution in [0.1, 0.15) is 20.3 Å². The third-order valence-corrected chi connectivity index (χ3v) is 6.12. The average Bonchev–Trinajstić information content (AvgIpc) is 3.26. The molecular formula is C20H25N5O2S. The van der Waals surface area contributed by atoms with Crippen LogP contribution in [-0.4, -0.2) is 66.6 Å². The summed E-state index contributed by atoms with van der Waals surface area (Å²) in [7, 11) is 0. The summed E-state index contributed by atoms with van der Waals surface area (Å²) in [5, 5.41) is 6.55. The summed E-state index contributed by atoms with van der Waals surface area (Å²) in [6, 6.07) is 7.88. The molecule has 4 rings (SSSR count). The predicted octanol–water partition coefficient (Wildman–Crippen LogP) is 2.82. The Morgan fingerprint density at radius 1 is 1.32 bits per heavy atom. The molecule has 0 bridgehead atoms. The van der Waals surface area contributed by atoms with Crippen LogP contribution in [0.3, 0.4) is 0 Å². The van der Waals surface area contributed by atoms with E-state index >= 15 is 0 Å². The maximum absolute atomic E-state index is 13.0. The highest BCUT2D eigenvalue weighted by atomic mass is 32.1. The Morgan fingerprint density at radius 3 is 2.89 bits per heavy atom. The molecule has 0 spiro atoms. The molecule has 0 aliphatic carbocycles. The quantitative estimate of drug-likeness (QED) is 0.553. The standard InChI is InChI=1S/C20H25N5O2S/c1-14(21-8-5-9-24-10-12-27-13-11-24)18-15(2)23-25(19(18)26)20-22-16-6-3-4-7-17(16)28-20/h3-4,6-7,18H,5,8-13H2,1-2H3. The van der Waals surface area contributed by atoms with Gasteiger partial charge in [0.05, 0.1) is 29.1 Å². The van der Waals surface area contributed by atoms with Crippen LogP contribution < -0.4 is 5.01 Å². The lowest BCUT2D eigenvalue weighted by Crippen LogP contribution is -2.37. The summed E-state index contributed by atoms with van der Waals surface area (Å²) >= 11 is 1.48. The van der Waals surface area contributed by atoms with Gasteiger partial charge in [0.15, 0.2) is 0 Å². The van der Waals surface area contributed by atoms with E-state index in [-0.39, 0.29) is 11.8 Å². The summed E-state index contributed by atoms with van der Waals surface area (Å²) in [4.78, 5) is 24.6. The minimum Gasteiger partial charge on any atom is -0.379 e. The third-order valence-electron chi connectivity index (χ3n) is 5.11. The molecule has 3 heterocycles. The molecule has 2 aliphatic rings. The molecule has 1 aromatic heterocycles. The molecular weight excluding hydrogens is 374 g/mol. The summed E-state index contributed by atoms with van der Waals surface area (Å²) in [5.74, 6) is -0.443. The maximum atomic E-state index is 13.0. The Kier molecular flexibility index (Phi) is 5.79. The first kappa shape index (κ1) is 19.2. The number of hydrazone groups is 1. The zero-order valence-electron chi connectivity index (χ0n) is 16.3. The Morgan fingerprint density at radius 2 is 2.11 bits per heavy atom. The second-order valence-electron chi connectivity index (χ2n) is 7.12. The summed E-state index contributed by atoms with van der Waals surface area (Å²) in [5.41, 5.74) is 2.50. The fraction of sp³-hybridized carbons (Fsp3) is 0.500. The third kappa shape index (κ3) is 3.99. The summed E-state index contributed by atoms with van der Waals surface area (Å²) in [6.45, 7) is 9.18. The number of benzene rings is 1. The van der Waals surface area contributed by atoms with Gasteiger partial charge in [0.25, 0.3) is 5.91 Å². The molecule has 0 saturated carbocycles. The van der Waals surface area contributed by atoms with Gasteiger partial charge in [0, 0.05) is 31.9 Å². The summed E-state index contributed by atoms with van der Waals surface area (Å²) in [6.07, 6.45) is 0.982. The van der Waals surface area contributed by atoms with Crippen LogP contribution in [0, 0.1) is 5.92 Å². The van der Waals surface area contributed by atoms with E-state index < -0.39 is 0 Å². The van der Waals surface area contributed by atoms with E-state index in [4.69, 9.17) is 4.74 Å². The van der Waals surface area contributed by atoms with Gasteiger partial charge in [-0.2, -0.15) is 10.1 Å². The number of nitrogens with zero attached hydrogens (tertiary/aromatic N) is 5. The number of rotatable bonds is 6. The van der Waals surface area contributed by atoms with E-state index in [1.54, 1.807) is 0 Å². The fourth-order valence-corrected chi connectivity index (χ4v) is 4.52. The van der Waals surface area contributed by atoms with Crippen molar-refractivity contribution in [3.63, 3.8) is 0 Å². The van der Waals surface area contributed by atoms with Crippen LogP contribution >= 0.6 is 11.3 Å². The first-order valence-corrected chi connectivity index (χ1v) is 10.5. The van der Waals surface area contributed by atoms with Gasteiger partial charge in [-0.05, 0) is 32.4 Å². The monoisotopic (exact) mass is 399 g/mol. The topological polar surface area (TPSA) is 70.4 Å². The SMILES string of the molecule is CC(=NCCCN1CCOCC1)C1C(=O)N(c2nc3ccccc3s2)N=C1C. The number of morpholine rings is 1. The number of carbonyl (C=O) groups is 1. The molecule has 1 aromatic carbocycles. The molecule has 1 fully saturated rings. The minimum atomic E-state index is -0.379. The highest BCUT2D eigenvalue weighted by Gasteiger charge is 2.37. The van der Waals surface area contributed by atoms with Crippen molar-refractivity contribution in [2.45, 2.75) is 20.3 Å². The lowest BCUT2D eigenvalue weighted by atomic mass is 9.99. The number of thiazole rings is 1. The number of aromatic nitrogens is 1. The number of fused-ring (bicyclic) bond motifs is 1. The Bertz CT molecular complexity index is 883. The molecule has 1 amide bonds. The van der Waals surface area contributed by atoms with E-state index in [1.807, 2.05) is 38.1 Å². The predicted molar refractivity (Wildman–Crippen MR) is 114 cm³/mol.